The third-order valence-electron chi connectivity index (χ3n) is 3.50. The fraction of sp³-hybridized carbons (Fsp3) is 0.467. The molecule has 1 aromatic rings. The molecule has 0 bridgehead atoms. The monoisotopic (exact) mass is 276 g/mol. The molecule has 5 nitrogen and oxygen atoms in total. The lowest BCUT2D eigenvalue weighted by Crippen LogP contribution is -2.41. The van der Waals surface area contributed by atoms with E-state index in [1.807, 2.05) is 24.3 Å². The van der Waals surface area contributed by atoms with Gasteiger partial charge in [0.05, 0.1) is 7.11 Å². The summed E-state index contributed by atoms with van der Waals surface area (Å²) < 4.78 is 5.27. The van der Waals surface area contributed by atoms with E-state index in [9.17, 15) is 9.59 Å². The second kappa shape index (κ2) is 6.93. The van der Waals surface area contributed by atoms with Crippen molar-refractivity contribution in [2.24, 2.45) is 5.92 Å². The first-order valence-corrected chi connectivity index (χ1v) is 6.87. The Morgan fingerprint density at radius 3 is 3.00 bits per heavy atom. The number of rotatable bonds is 5. The van der Waals surface area contributed by atoms with Crippen LogP contribution in [0.4, 0.5) is 0 Å². The minimum atomic E-state index is -0.193. The molecule has 108 valence electrons. The summed E-state index contributed by atoms with van der Waals surface area (Å²) in [5.41, 5.74) is 1.07. The number of hydrogen-bond donors (Lipinski definition) is 2. The molecule has 2 amide bonds. The highest BCUT2D eigenvalue weighted by Gasteiger charge is 2.24. The lowest BCUT2D eigenvalue weighted by molar-refractivity contribution is -0.132. The van der Waals surface area contributed by atoms with Gasteiger partial charge in [-0.3, -0.25) is 9.59 Å². The van der Waals surface area contributed by atoms with Crippen LogP contribution in [0.25, 0.3) is 0 Å². The van der Waals surface area contributed by atoms with Crippen LogP contribution in [-0.4, -0.2) is 32.0 Å². The zero-order valence-electron chi connectivity index (χ0n) is 11.6. The number of hydrogen-bond acceptors (Lipinski definition) is 3. The van der Waals surface area contributed by atoms with E-state index in [0.717, 1.165) is 11.3 Å². The van der Waals surface area contributed by atoms with Crippen LogP contribution in [0.15, 0.2) is 24.3 Å². The summed E-state index contributed by atoms with van der Waals surface area (Å²) in [5.74, 6) is 0.566. The number of piperidine rings is 1. The molecule has 1 fully saturated rings. The molecule has 1 aliphatic rings. The van der Waals surface area contributed by atoms with E-state index in [4.69, 9.17) is 4.74 Å². The van der Waals surface area contributed by atoms with Gasteiger partial charge in [0, 0.05) is 25.4 Å². The van der Waals surface area contributed by atoms with E-state index in [2.05, 4.69) is 10.6 Å². The first kappa shape index (κ1) is 14.4. The standard InChI is InChI=1S/C15H20N2O3/c1-20-13-5-3-2-4-11(13)6-9-17-15(19)12-7-8-16-14(18)10-12/h2-5,12H,6-10H2,1H3,(H,16,18)(H,17,19). The van der Waals surface area contributed by atoms with E-state index in [1.165, 1.54) is 0 Å². The highest BCUT2D eigenvalue weighted by molar-refractivity contribution is 5.86. The second-order valence-electron chi connectivity index (χ2n) is 4.89. The Bertz CT molecular complexity index is 488. The zero-order chi connectivity index (χ0) is 14.4. The number of methoxy groups -OCH3 is 1. The molecule has 1 aliphatic heterocycles. The van der Waals surface area contributed by atoms with Crippen LogP contribution in [0.3, 0.4) is 0 Å². The SMILES string of the molecule is COc1ccccc1CCNC(=O)C1CCNC(=O)C1. The molecule has 1 saturated heterocycles. The van der Waals surface area contributed by atoms with Crippen molar-refractivity contribution in [2.75, 3.05) is 20.2 Å². The van der Waals surface area contributed by atoms with Gasteiger partial charge in [-0.1, -0.05) is 18.2 Å². The van der Waals surface area contributed by atoms with Gasteiger partial charge in [-0.15, -0.1) is 0 Å². The second-order valence-corrected chi connectivity index (χ2v) is 4.89. The predicted octanol–water partition coefficient (Wildman–Crippen LogP) is 0.880. The summed E-state index contributed by atoms with van der Waals surface area (Å²) in [5, 5.41) is 5.63. The van der Waals surface area contributed by atoms with Crippen LogP contribution in [0.5, 0.6) is 5.75 Å². The number of ether oxygens (including phenoxy) is 1. The molecule has 20 heavy (non-hydrogen) atoms. The van der Waals surface area contributed by atoms with E-state index in [0.29, 0.717) is 32.4 Å². The van der Waals surface area contributed by atoms with Crippen molar-refractivity contribution in [1.82, 2.24) is 10.6 Å². The van der Waals surface area contributed by atoms with Crippen molar-refractivity contribution < 1.29 is 14.3 Å². The van der Waals surface area contributed by atoms with Gasteiger partial charge < -0.3 is 15.4 Å². The Morgan fingerprint density at radius 2 is 2.25 bits per heavy atom. The molecule has 2 N–H and O–H groups in total. The van der Waals surface area contributed by atoms with Gasteiger partial charge in [0.25, 0.3) is 0 Å². The Kier molecular flexibility index (Phi) is 4.98. The van der Waals surface area contributed by atoms with Crippen molar-refractivity contribution in [2.45, 2.75) is 19.3 Å². The average molecular weight is 276 g/mol. The molecular formula is C15H20N2O3. The van der Waals surface area contributed by atoms with E-state index in [1.54, 1.807) is 7.11 Å². The number of nitrogens with one attached hydrogen (secondary N) is 2. The third kappa shape index (κ3) is 3.73. The number of carbonyl (C=O) groups is 2. The molecule has 0 spiro atoms. The van der Waals surface area contributed by atoms with Gasteiger partial charge in [-0.05, 0) is 24.5 Å². The summed E-state index contributed by atoms with van der Waals surface area (Å²) >= 11 is 0. The Hall–Kier alpha value is -2.04. The molecule has 0 aromatic heterocycles. The summed E-state index contributed by atoms with van der Waals surface area (Å²) in [7, 11) is 1.64. The normalized spacial score (nSPS) is 18.2. The van der Waals surface area contributed by atoms with Crippen LogP contribution >= 0.6 is 0 Å². The predicted molar refractivity (Wildman–Crippen MR) is 75.4 cm³/mol. The summed E-state index contributed by atoms with van der Waals surface area (Å²) in [6.45, 7) is 1.14. The molecule has 0 saturated carbocycles. The molecular weight excluding hydrogens is 256 g/mol. The topological polar surface area (TPSA) is 67.4 Å². The van der Waals surface area contributed by atoms with Crippen molar-refractivity contribution >= 4 is 11.8 Å². The van der Waals surface area contributed by atoms with Crippen LogP contribution in [-0.2, 0) is 16.0 Å². The number of para-hydroxylation sites is 1. The summed E-state index contributed by atoms with van der Waals surface area (Å²) in [4.78, 5) is 23.2. The number of amides is 2. The molecule has 0 radical (unpaired) electrons. The maximum absolute atomic E-state index is 12.0. The quantitative estimate of drug-likeness (QED) is 0.839. The van der Waals surface area contributed by atoms with E-state index >= 15 is 0 Å². The maximum atomic E-state index is 12.0. The largest absolute Gasteiger partial charge is 0.496 e. The van der Waals surface area contributed by atoms with E-state index in [-0.39, 0.29) is 17.7 Å². The third-order valence-corrected chi connectivity index (χ3v) is 3.50. The van der Waals surface area contributed by atoms with Gasteiger partial charge in [0.15, 0.2) is 0 Å². The average Bonchev–Trinajstić information content (AvgIpc) is 2.47. The first-order chi connectivity index (χ1) is 9.70. The van der Waals surface area contributed by atoms with Crippen molar-refractivity contribution in [3.05, 3.63) is 29.8 Å². The maximum Gasteiger partial charge on any atom is 0.223 e. The van der Waals surface area contributed by atoms with Crippen LogP contribution in [0, 0.1) is 5.92 Å². The first-order valence-electron chi connectivity index (χ1n) is 6.87. The van der Waals surface area contributed by atoms with Crippen LogP contribution < -0.4 is 15.4 Å². The highest BCUT2D eigenvalue weighted by Crippen LogP contribution is 2.17. The molecule has 2 rings (SSSR count). The van der Waals surface area contributed by atoms with Gasteiger partial charge in [0.1, 0.15) is 5.75 Å². The summed E-state index contributed by atoms with van der Waals surface area (Å²) in [6, 6.07) is 7.76. The Morgan fingerprint density at radius 1 is 1.45 bits per heavy atom. The number of carbonyl (C=O) groups excluding carboxylic acids is 2. The van der Waals surface area contributed by atoms with Crippen LogP contribution in [0.2, 0.25) is 0 Å². The number of benzene rings is 1. The summed E-state index contributed by atoms with van der Waals surface area (Å²) in [6.07, 6.45) is 1.72. The minimum absolute atomic E-state index is 0.0326. The molecule has 1 atom stereocenters. The molecule has 1 aromatic carbocycles. The molecule has 1 unspecified atom stereocenters. The van der Waals surface area contributed by atoms with Gasteiger partial charge in [0.2, 0.25) is 11.8 Å². The molecule has 5 heteroatoms. The minimum Gasteiger partial charge on any atom is -0.496 e. The van der Waals surface area contributed by atoms with Gasteiger partial charge >= 0.3 is 0 Å². The highest BCUT2D eigenvalue weighted by atomic mass is 16.5. The van der Waals surface area contributed by atoms with Crippen LogP contribution in [0.1, 0.15) is 18.4 Å². The van der Waals surface area contributed by atoms with Crippen molar-refractivity contribution in [3.63, 3.8) is 0 Å². The fourth-order valence-corrected chi connectivity index (χ4v) is 2.38. The fourth-order valence-electron chi connectivity index (χ4n) is 2.38. The van der Waals surface area contributed by atoms with Crippen molar-refractivity contribution in [1.29, 1.82) is 0 Å². The smallest absolute Gasteiger partial charge is 0.223 e. The van der Waals surface area contributed by atoms with Crippen molar-refractivity contribution in [3.8, 4) is 5.75 Å². The van der Waals surface area contributed by atoms with E-state index < -0.39 is 0 Å². The van der Waals surface area contributed by atoms with Gasteiger partial charge in [-0.2, -0.15) is 0 Å². The lowest BCUT2D eigenvalue weighted by Gasteiger charge is -2.21. The lowest BCUT2D eigenvalue weighted by atomic mass is 9.96. The molecule has 1 heterocycles. The van der Waals surface area contributed by atoms with Gasteiger partial charge in [-0.25, -0.2) is 0 Å². The Labute approximate surface area is 118 Å². The molecule has 0 aliphatic carbocycles. The zero-order valence-corrected chi connectivity index (χ0v) is 11.6. The Balaban J connectivity index is 1.80.